The molecule has 0 heterocycles. The highest BCUT2D eigenvalue weighted by atomic mass is 19.4. The van der Waals surface area contributed by atoms with Crippen molar-refractivity contribution < 1.29 is 22.7 Å². The molecule has 0 spiro atoms. The zero-order valence-electron chi connectivity index (χ0n) is 13.7. The van der Waals surface area contributed by atoms with Gasteiger partial charge in [0, 0.05) is 24.4 Å². The lowest BCUT2D eigenvalue weighted by Gasteiger charge is -2.13. The van der Waals surface area contributed by atoms with E-state index < -0.39 is 17.8 Å². The fraction of sp³-hybridized carbons (Fsp3) is 0.278. The van der Waals surface area contributed by atoms with E-state index in [2.05, 4.69) is 10.6 Å². The number of urea groups is 1. The second kappa shape index (κ2) is 8.53. The number of amides is 2. The average molecular weight is 352 g/mol. The number of rotatable bonds is 6. The van der Waals surface area contributed by atoms with Crippen molar-refractivity contribution in [2.45, 2.75) is 26.3 Å². The van der Waals surface area contributed by atoms with Crippen LogP contribution in [0.25, 0.3) is 0 Å². The zero-order valence-corrected chi connectivity index (χ0v) is 13.7. The summed E-state index contributed by atoms with van der Waals surface area (Å²) in [7, 11) is 0. The number of ether oxygens (including phenoxy) is 1. The van der Waals surface area contributed by atoms with Gasteiger partial charge in [0.15, 0.2) is 0 Å². The number of carbonyl (C=O) groups is 1. The number of carbonyl (C=O) groups excluding carboxylic acids is 1. The minimum atomic E-state index is -4.41. The van der Waals surface area contributed by atoms with Crippen molar-refractivity contribution in [2.24, 2.45) is 0 Å². The summed E-state index contributed by atoms with van der Waals surface area (Å²) in [6.07, 6.45) is -4.41. The first kappa shape index (κ1) is 18.8. The van der Waals surface area contributed by atoms with Crippen LogP contribution in [0.5, 0.6) is 0 Å². The van der Waals surface area contributed by atoms with E-state index in [4.69, 9.17) is 4.74 Å². The molecule has 0 fully saturated rings. The molecule has 0 saturated heterocycles. The Hall–Kier alpha value is -2.54. The van der Waals surface area contributed by atoms with Crippen LogP contribution in [0.1, 0.15) is 23.6 Å². The molecule has 2 amide bonds. The second-order valence-corrected chi connectivity index (χ2v) is 5.30. The highest BCUT2D eigenvalue weighted by Gasteiger charge is 2.30. The molecular weight excluding hydrogens is 333 g/mol. The van der Waals surface area contributed by atoms with Crippen LogP contribution in [-0.2, 0) is 24.1 Å². The predicted molar refractivity (Wildman–Crippen MR) is 89.1 cm³/mol. The summed E-state index contributed by atoms with van der Waals surface area (Å²) < 4.78 is 43.4. The Labute approximate surface area is 144 Å². The third kappa shape index (κ3) is 5.79. The van der Waals surface area contributed by atoms with Crippen molar-refractivity contribution >= 4 is 11.7 Å². The third-order valence-corrected chi connectivity index (χ3v) is 3.43. The zero-order chi connectivity index (χ0) is 18.3. The summed E-state index contributed by atoms with van der Waals surface area (Å²) in [5.41, 5.74) is 1.04. The Kier molecular flexibility index (Phi) is 6.41. The number of hydrogen-bond donors (Lipinski definition) is 2. The van der Waals surface area contributed by atoms with Gasteiger partial charge in [-0.2, -0.15) is 13.2 Å². The van der Waals surface area contributed by atoms with Crippen molar-refractivity contribution in [3.05, 3.63) is 65.2 Å². The Bertz CT molecular complexity index is 717. The van der Waals surface area contributed by atoms with Gasteiger partial charge < -0.3 is 15.4 Å². The summed E-state index contributed by atoms with van der Waals surface area (Å²) >= 11 is 0. The smallest absolute Gasteiger partial charge is 0.377 e. The molecule has 0 bridgehead atoms. The lowest BCUT2D eigenvalue weighted by atomic mass is 10.1. The molecule has 25 heavy (non-hydrogen) atoms. The number of alkyl halides is 3. The predicted octanol–water partition coefficient (Wildman–Crippen LogP) is 4.56. The largest absolute Gasteiger partial charge is 0.416 e. The summed E-state index contributed by atoms with van der Waals surface area (Å²) in [6, 6.07) is 11.5. The maximum Gasteiger partial charge on any atom is 0.416 e. The summed E-state index contributed by atoms with van der Waals surface area (Å²) in [5, 5.41) is 5.23. The average Bonchev–Trinajstić information content (AvgIpc) is 2.59. The van der Waals surface area contributed by atoms with E-state index in [-0.39, 0.29) is 6.54 Å². The Balaban J connectivity index is 1.96. The maximum atomic E-state index is 12.7. The van der Waals surface area contributed by atoms with E-state index in [1.165, 1.54) is 12.1 Å². The summed E-state index contributed by atoms with van der Waals surface area (Å²) in [5.74, 6) is 0. The first-order chi connectivity index (χ1) is 11.9. The Morgan fingerprint density at radius 3 is 2.60 bits per heavy atom. The van der Waals surface area contributed by atoms with E-state index in [9.17, 15) is 18.0 Å². The first-order valence-corrected chi connectivity index (χ1v) is 7.76. The van der Waals surface area contributed by atoms with Crippen molar-refractivity contribution in [2.75, 3.05) is 11.9 Å². The monoisotopic (exact) mass is 352 g/mol. The van der Waals surface area contributed by atoms with E-state index >= 15 is 0 Å². The van der Waals surface area contributed by atoms with Gasteiger partial charge in [0.25, 0.3) is 0 Å². The van der Waals surface area contributed by atoms with Gasteiger partial charge >= 0.3 is 12.2 Å². The van der Waals surface area contributed by atoms with Gasteiger partial charge in [-0.3, -0.25) is 0 Å². The highest BCUT2D eigenvalue weighted by Crippen LogP contribution is 2.29. The van der Waals surface area contributed by atoms with E-state index in [0.29, 0.717) is 24.5 Å². The van der Waals surface area contributed by atoms with E-state index in [0.717, 1.165) is 17.7 Å². The molecule has 7 heteroatoms. The molecule has 0 saturated carbocycles. The maximum absolute atomic E-state index is 12.7. The van der Waals surface area contributed by atoms with Crippen LogP contribution in [-0.4, -0.2) is 12.6 Å². The molecule has 0 atom stereocenters. The molecule has 0 aliphatic rings. The summed E-state index contributed by atoms with van der Waals surface area (Å²) in [4.78, 5) is 12.0. The molecule has 2 N–H and O–H groups in total. The fourth-order valence-electron chi connectivity index (χ4n) is 2.19. The molecule has 0 aromatic heterocycles. The second-order valence-electron chi connectivity index (χ2n) is 5.30. The lowest BCUT2D eigenvalue weighted by Crippen LogP contribution is -2.28. The van der Waals surface area contributed by atoms with Crippen LogP contribution < -0.4 is 10.6 Å². The topological polar surface area (TPSA) is 50.4 Å². The van der Waals surface area contributed by atoms with Gasteiger partial charge in [-0.1, -0.05) is 30.3 Å². The normalized spacial score (nSPS) is 11.2. The lowest BCUT2D eigenvalue weighted by molar-refractivity contribution is -0.137. The first-order valence-electron chi connectivity index (χ1n) is 7.76. The molecule has 0 aliphatic heterocycles. The SMILES string of the molecule is CCOCc1ccccc1NC(=O)NCc1cccc(C(F)(F)F)c1. The number of nitrogens with one attached hydrogen (secondary N) is 2. The molecule has 0 aliphatic carbocycles. The molecule has 0 unspecified atom stereocenters. The van der Waals surface area contributed by atoms with Gasteiger partial charge in [0.1, 0.15) is 0 Å². The van der Waals surface area contributed by atoms with Crippen molar-refractivity contribution in [1.29, 1.82) is 0 Å². The standard InChI is InChI=1S/C18H19F3N2O2/c1-2-25-12-14-7-3-4-9-16(14)23-17(24)22-11-13-6-5-8-15(10-13)18(19,20)21/h3-10H,2,11-12H2,1H3,(H2,22,23,24). The Morgan fingerprint density at radius 2 is 1.88 bits per heavy atom. The fourth-order valence-corrected chi connectivity index (χ4v) is 2.19. The molecule has 4 nitrogen and oxygen atoms in total. The van der Waals surface area contributed by atoms with Crippen LogP contribution in [0.4, 0.5) is 23.7 Å². The van der Waals surface area contributed by atoms with Crippen LogP contribution in [0.15, 0.2) is 48.5 Å². The van der Waals surface area contributed by atoms with E-state index in [1.54, 1.807) is 12.1 Å². The van der Waals surface area contributed by atoms with Gasteiger partial charge in [0.05, 0.1) is 12.2 Å². The molecule has 2 aromatic carbocycles. The Morgan fingerprint density at radius 1 is 1.12 bits per heavy atom. The van der Waals surface area contributed by atoms with Crippen molar-refractivity contribution in [3.63, 3.8) is 0 Å². The number of hydrogen-bond acceptors (Lipinski definition) is 2. The minimum Gasteiger partial charge on any atom is -0.377 e. The van der Waals surface area contributed by atoms with Crippen molar-refractivity contribution in [1.82, 2.24) is 5.32 Å². The van der Waals surface area contributed by atoms with Crippen LogP contribution in [0.2, 0.25) is 0 Å². The number of anilines is 1. The van der Waals surface area contributed by atoms with Gasteiger partial charge in [0.2, 0.25) is 0 Å². The van der Waals surface area contributed by atoms with Gasteiger partial charge in [-0.05, 0) is 30.7 Å². The van der Waals surface area contributed by atoms with E-state index in [1.807, 2.05) is 19.1 Å². The molecule has 2 rings (SSSR count). The summed E-state index contributed by atoms with van der Waals surface area (Å²) in [6.45, 7) is 2.78. The van der Waals surface area contributed by atoms with Crippen molar-refractivity contribution in [3.8, 4) is 0 Å². The molecular formula is C18H19F3N2O2. The number of para-hydroxylation sites is 1. The quantitative estimate of drug-likeness (QED) is 0.800. The minimum absolute atomic E-state index is 0.0105. The van der Waals surface area contributed by atoms with Gasteiger partial charge in [-0.25, -0.2) is 4.79 Å². The third-order valence-electron chi connectivity index (χ3n) is 3.43. The molecule has 134 valence electrons. The number of benzene rings is 2. The van der Waals surface area contributed by atoms with Crippen LogP contribution in [0.3, 0.4) is 0 Å². The number of halogens is 3. The van der Waals surface area contributed by atoms with Crippen LogP contribution >= 0.6 is 0 Å². The molecule has 2 aromatic rings. The van der Waals surface area contributed by atoms with Gasteiger partial charge in [-0.15, -0.1) is 0 Å². The molecule has 0 radical (unpaired) electrons. The van der Waals surface area contributed by atoms with Crippen LogP contribution in [0, 0.1) is 0 Å². The highest BCUT2D eigenvalue weighted by molar-refractivity contribution is 5.90.